The smallest absolute Gasteiger partial charge is 0.223 e. The molecule has 1 heterocycles. The van der Waals surface area contributed by atoms with Crippen molar-refractivity contribution in [3.63, 3.8) is 0 Å². The molecule has 0 spiro atoms. The van der Waals surface area contributed by atoms with Crippen LogP contribution in [0.2, 0.25) is 0 Å². The third-order valence-electron chi connectivity index (χ3n) is 3.84. The molecule has 0 aromatic carbocycles. The summed E-state index contributed by atoms with van der Waals surface area (Å²) in [5.74, 6) is 1.30. The van der Waals surface area contributed by atoms with E-state index in [4.69, 9.17) is 0 Å². The SMILES string of the molecule is CC(C)(C)CC(=O)N1CCCN(CC2CC2)CC1. The molecule has 2 fully saturated rings. The van der Waals surface area contributed by atoms with Crippen LogP contribution in [0.3, 0.4) is 0 Å². The van der Waals surface area contributed by atoms with Crippen LogP contribution in [-0.4, -0.2) is 48.4 Å². The Kier molecular flexibility index (Phi) is 4.31. The molecule has 3 nitrogen and oxygen atoms in total. The maximum atomic E-state index is 12.2. The van der Waals surface area contributed by atoms with E-state index in [1.54, 1.807) is 0 Å². The molecule has 0 N–H and O–H groups in total. The van der Waals surface area contributed by atoms with Crippen LogP contribution in [0.15, 0.2) is 0 Å². The highest BCUT2D eigenvalue weighted by Crippen LogP contribution is 2.30. The third kappa shape index (κ3) is 4.60. The first kappa shape index (κ1) is 13.9. The van der Waals surface area contributed by atoms with E-state index >= 15 is 0 Å². The van der Waals surface area contributed by atoms with Crippen LogP contribution in [0.4, 0.5) is 0 Å². The van der Waals surface area contributed by atoms with Gasteiger partial charge in [-0.05, 0) is 37.1 Å². The fourth-order valence-corrected chi connectivity index (χ4v) is 2.63. The van der Waals surface area contributed by atoms with Crippen molar-refractivity contribution in [2.24, 2.45) is 11.3 Å². The summed E-state index contributed by atoms with van der Waals surface area (Å²) in [7, 11) is 0. The Labute approximate surface area is 112 Å². The van der Waals surface area contributed by atoms with Gasteiger partial charge in [-0.2, -0.15) is 0 Å². The minimum Gasteiger partial charge on any atom is -0.341 e. The van der Waals surface area contributed by atoms with Gasteiger partial charge in [-0.3, -0.25) is 4.79 Å². The average molecular weight is 252 g/mol. The van der Waals surface area contributed by atoms with Gasteiger partial charge in [0.1, 0.15) is 0 Å². The fraction of sp³-hybridized carbons (Fsp3) is 0.933. The quantitative estimate of drug-likeness (QED) is 0.770. The molecular weight excluding hydrogens is 224 g/mol. The van der Waals surface area contributed by atoms with E-state index in [0.717, 1.165) is 32.0 Å². The van der Waals surface area contributed by atoms with Crippen molar-refractivity contribution in [3.05, 3.63) is 0 Å². The summed E-state index contributed by atoms with van der Waals surface area (Å²) in [6, 6.07) is 0. The van der Waals surface area contributed by atoms with E-state index in [2.05, 4.69) is 30.6 Å². The predicted molar refractivity (Wildman–Crippen MR) is 74.4 cm³/mol. The standard InChI is InChI=1S/C15H28N2O/c1-15(2,3)11-14(18)17-8-4-7-16(9-10-17)12-13-5-6-13/h13H,4-12H2,1-3H3. The lowest BCUT2D eigenvalue weighted by Gasteiger charge is -2.25. The molecule has 104 valence electrons. The molecule has 0 unspecified atom stereocenters. The van der Waals surface area contributed by atoms with E-state index in [1.807, 2.05) is 0 Å². The summed E-state index contributed by atoms with van der Waals surface area (Å²) in [6.07, 6.45) is 4.66. The molecule has 1 saturated heterocycles. The molecule has 1 amide bonds. The van der Waals surface area contributed by atoms with Gasteiger partial charge in [0.15, 0.2) is 0 Å². The number of nitrogens with zero attached hydrogens (tertiary/aromatic N) is 2. The maximum Gasteiger partial charge on any atom is 0.223 e. The van der Waals surface area contributed by atoms with Crippen LogP contribution in [0.25, 0.3) is 0 Å². The van der Waals surface area contributed by atoms with Gasteiger partial charge in [0.05, 0.1) is 0 Å². The van der Waals surface area contributed by atoms with E-state index < -0.39 is 0 Å². The number of hydrogen-bond acceptors (Lipinski definition) is 2. The maximum absolute atomic E-state index is 12.2. The van der Waals surface area contributed by atoms with Crippen molar-refractivity contribution in [1.29, 1.82) is 0 Å². The molecule has 18 heavy (non-hydrogen) atoms. The van der Waals surface area contributed by atoms with Gasteiger partial charge >= 0.3 is 0 Å². The Balaban J connectivity index is 1.78. The van der Waals surface area contributed by atoms with Crippen molar-refractivity contribution in [3.8, 4) is 0 Å². The highest BCUT2D eigenvalue weighted by molar-refractivity contribution is 5.76. The summed E-state index contributed by atoms with van der Waals surface area (Å²) in [6.45, 7) is 11.8. The van der Waals surface area contributed by atoms with Gasteiger partial charge in [-0.1, -0.05) is 20.8 Å². The van der Waals surface area contributed by atoms with Crippen molar-refractivity contribution >= 4 is 5.91 Å². The van der Waals surface area contributed by atoms with Crippen LogP contribution in [0, 0.1) is 11.3 Å². The number of carbonyl (C=O) groups excluding carboxylic acids is 1. The Bertz CT molecular complexity index is 291. The van der Waals surface area contributed by atoms with Crippen molar-refractivity contribution in [1.82, 2.24) is 9.80 Å². The van der Waals surface area contributed by atoms with Gasteiger partial charge < -0.3 is 9.80 Å². The zero-order valence-electron chi connectivity index (χ0n) is 12.2. The summed E-state index contributed by atoms with van der Waals surface area (Å²) in [4.78, 5) is 16.9. The van der Waals surface area contributed by atoms with Crippen molar-refractivity contribution < 1.29 is 4.79 Å². The minimum absolute atomic E-state index is 0.108. The molecule has 0 atom stereocenters. The molecule has 2 aliphatic rings. The first-order valence-electron chi connectivity index (χ1n) is 7.44. The van der Waals surface area contributed by atoms with Crippen molar-refractivity contribution in [2.45, 2.75) is 46.5 Å². The van der Waals surface area contributed by atoms with Gasteiger partial charge in [-0.15, -0.1) is 0 Å². The molecule has 0 bridgehead atoms. The molecule has 3 heteroatoms. The second-order valence-electron chi connectivity index (χ2n) is 7.22. The Hall–Kier alpha value is -0.570. The molecule has 2 rings (SSSR count). The lowest BCUT2D eigenvalue weighted by Crippen LogP contribution is -2.37. The van der Waals surface area contributed by atoms with E-state index in [9.17, 15) is 4.79 Å². The molecule has 1 aliphatic carbocycles. The topological polar surface area (TPSA) is 23.6 Å². The third-order valence-corrected chi connectivity index (χ3v) is 3.84. The van der Waals surface area contributed by atoms with Crippen LogP contribution >= 0.6 is 0 Å². The molecule has 0 aromatic rings. The summed E-state index contributed by atoms with van der Waals surface area (Å²) in [5.41, 5.74) is 0.108. The fourth-order valence-electron chi connectivity index (χ4n) is 2.63. The highest BCUT2D eigenvalue weighted by Gasteiger charge is 2.27. The molecule has 1 aliphatic heterocycles. The average Bonchev–Trinajstić information content (AvgIpc) is 3.03. The normalized spacial score (nSPS) is 22.9. The largest absolute Gasteiger partial charge is 0.341 e. The number of rotatable bonds is 3. The first-order valence-corrected chi connectivity index (χ1v) is 7.44. The Morgan fingerprint density at radius 1 is 1.11 bits per heavy atom. The monoisotopic (exact) mass is 252 g/mol. The van der Waals surface area contributed by atoms with E-state index in [1.165, 1.54) is 25.9 Å². The molecule has 0 aromatic heterocycles. The second kappa shape index (κ2) is 5.60. The zero-order chi connectivity index (χ0) is 13.2. The number of hydrogen-bond donors (Lipinski definition) is 0. The first-order chi connectivity index (χ1) is 8.44. The number of amides is 1. The van der Waals surface area contributed by atoms with Crippen LogP contribution < -0.4 is 0 Å². The second-order valence-corrected chi connectivity index (χ2v) is 7.22. The highest BCUT2D eigenvalue weighted by atomic mass is 16.2. The predicted octanol–water partition coefficient (Wildman–Crippen LogP) is 2.37. The minimum atomic E-state index is 0.108. The summed E-state index contributed by atoms with van der Waals surface area (Å²) < 4.78 is 0. The lowest BCUT2D eigenvalue weighted by molar-refractivity contribution is -0.132. The Morgan fingerprint density at radius 3 is 2.44 bits per heavy atom. The number of carbonyl (C=O) groups is 1. The van der Waals surface area contributed by atoms with Crippen LogP contribution in [0.1, 0.15) is 46.5 Å². The van der Waals surface area contributed by atoms with Crippen LogP contribution in [-0.2, 0) is 4.79 Å². The van der Waals surface area contributed by atoms with Crippen LogP contribution in [0.5, 0.6) is 0 Å². The molecule has 0 radical (unpaired) electrons. The zero-order valence-corrected chi connectivity index (χ0v) is 12.2. The van der Waals surface area contributed by atoms with E-state index in [-0.39, 0.29) is 5.41 Å². The molecule has 1 saturated carbocycles. The van der Waals surface area contributed by atoms with Gasteiger partial charge in [0.25, 0.3) is 0 Å². The lowest BCUT2D eigenvalue weighted by atomic mass is 9.91. The van der Waals surface area contributed by atoms with Crippen molar-refractivity contribution in [2.75, 3.05) is 32.7 Å². The van der Waals surface area contributed by atoms with Gasteiger partial charge in [0.2, 0.25) is 5.91 Å². The van der Waals surface area contributed by atoms with Gasteiger partial charge in [-0.25, -0.2) is 0 Å². The molecular formula is C15H28N2O. The summed E-state index contributed by atoms with van der Waals surface area (Å²) in [5, 5.41) is 0. The summed E-state index contributed by atoms with van der Waals surface area (Å²) >= 11 is 0. The Morgan fingerprint density at radius 2 is 1.83 bits per heavy atom. The van der Waals surface area contributed by atoms with E-state index in [0.29, 0.717) is 12.3 Å². The van der Waals surface area contributed by atoms with Gasteiger partial charge in [0, 0.05) is 32.6 Å².